The van der Waals surface area contributed by atoms with E-state index in [9.17, 15) is 4.79 Å². The van der Waals surface area contributed by atoms with Crippen LogP contribution in [0.4, 0.5) is 5.69 Å². The van der Waals surface area contributed by atoms with E-state index in [4.69, 9.17) is 5.73 Å². The van der Waals surface area contributed by atoms with Crippen molar-refractivity contribution >= 4 is 12.0 Å². The molecule has 2 N–H and O–H groups in total. The Morgan fingerprint density at radius 3 is 2.55 bits per heavy atom. The first-order valence-corrected chi connectivity index (χ1v) is 3.05. The Labute approximate surface area is 67.0 Å². The number of nitrogens with two attached hydrogens (primary N) is 1. The predicted octanol–water partition coefficient (Wildman–Crippen LogP) is 2.03. The summed E-state index contributed by atoms with van der Waals surface area (Å²) in [4.78, 5) is 10.2. The van der Waals surface area contributed by atoms with Gasteiger partial charge >= 0.3 is 0 Å². The van der Waals surface area contributed by atoms with Crippen molar-refractivity contribution in [2.45, 2.75) is 14.4 Å². The minimum atomic E-state index is 0. The lowest BCUT2D eigenvalue weighted by atomic mass is 10.1. The lowest BCUT2D eigenvalue weighted by molar-refractivity contribution is 0.112. The van der Waals surface area contributed by atoms with Gasteiger partial charge in [0.1, 0.15) is 6.29 Å². The van der Waals surface area contributed by atoms with Gasteiger partial charge in [-0.05, 0) is 18.6 Å². The molecular formula is C9H13NO. The summed E-state index contributed by atoms with van der Waals surface area (Å²) < 4.78 is 0. The van der Waals surface area contributed by atoms with Crippen LogP contribution in [-0.4, -0.2) is 6.29 Å². The lowest BCUT2D eigenvalue weighted by Crippen LogP contribution is -1.90. The van der Waals surface area contributed by atoms with Gasteiger partial charge in [0.05, 0.1) is 0 Å². The molecule has 11 heavy (non-hydrogen) atoms. The first kappa shape index (κ1) is 9.69. The van der Waals surface area contributed by atoms with E-state index in [2.05, 4.69) is 0 Å². The zero-order valence-corrected chi connectivity index (χ0v) is 5.79. The van der Waals surface area contributed by atoms with E-state index < -0.39 is 0 Å². The van der Waals surface area contributed by atoms with Gasteiger partial charge in [0.25, 0.3) is 0 Å². The van der Waals surface area contributed by atoms with Gasteiger partial charge in [-0.1, -0.05) is 19.6 Å². The van der Waals surface area contributed by atoms with Crippen molar-refractivity contribution < 1.29 is 4.79 Å². The highest BCUT2D eigenvalue weighted by molar-refractivity contribution is 5.77. The molecule has 0 aliphatic carbocycles. The molecular weight excluding hydrogens is 138 g/mol. The van der Waals surface area contributed by atoms with Crippen LogP contribution < -0.4 is 5.73 Å². The van der Waals surface area contributed by atoms with E-state index in [0.717, 1.165) is 11.8 Å². The Bertz CT molecular complexity index is 256. The van der Waals surface area contributed by atoms with Crippen LogP contribution >= 0.6 is 0 Å². The van der Waals surface area contributed by atoms with E-state index in [0.29, 0.717) is 11.3 Å². The molecule has 0 heterocycles. The molecule has 0 saturated carbocycles. The monoisotopic (exact) mass is 151 g/mol. The molecule has 2 heteroatoms. The average Bonchev–Trinajstić information content (AvgIpc) is 1.95. The SMILES string of the molecule is C.Cc1ccc(C=O)cc1N. The topological polar surface area (TPSA) is 43.1 Å². The zero-order chi connectivity index (χ0) is 7.56. The molecule has 60 valence electrons. The van der Waals surface area contributed by atoms with Crippen LogP contribution in [0.3, 0.4) is 0 Å². The van der Waals surface area contributed by atoms with Gasteiger partial charge in [-0.3, -0.25) is 4.79 Å². The average molecular weight is 151 g/mol. The third kappa shape index (κ3) is 2.08. The smallest absolute Gasteiger partial charge is 0.150 e. The quantitative estimate of drug-likeness (QED) is 0.493. The van der Waals surface area contributed by atoms with Crippen LogP contribution in [0, 0.1) is 6.92 Å². The Morgan fingerprint density at radius 1 is 1.45 bits per heavy atom. The molecule has 0 unspecified atom stereocenters. The molecule has 0 radical (unpaired) electrons. The number of aryl methyl sites for hydroxylation is 1. The molecule has 0 aromatic heterocycles. The number of rotatable bonds is 1. The van der Waals surface area contributed by atoms with E-state index in [-0.39, 0.29) is 7.43 Å². The molecule has 0 aliphatic rings. The van der Waals surface area contributed by atoms with Gasteiger partial charge in [0, 0.05) is 11.3 Å². The molecule has 0 aliphatic heterocycles. The number of hydrogen-bond acceptors (Lipinski definition) is 2. The van der Waals surface area contributed by atoms with Gasteiger partial charge < -0.3 is 5.73 Å². The maximum atomic E-state index is 10.2. The summed E-state index contributed by atoms with van der Waals surface area (Å²) in [6.45, 7) is 1.91. The molecule has 1 aromatic rings. The van der Waals surface area contributed by atoms with Crippen molar-refractivity contribution in [1.82, 2.24) is 0 Å². The number of nitrogen functional groups attached to an aromatic ring is 1. The van der Waals surface area contributed by atoms with Crippen molar-refractivity contribution in [3.63, 3.8) is 0 Å². The first-order chi connectivity index (χ1) is 4.74. The number of hydrogen-bond donors (Lipinski definition) is 1. The Balaban J connectivity index is 0.000001000. The summed E-state index contributed by atoms with van der Waals surface area (Å²) in [5, 5.41) is 0. The summed E-state index contributed by atoms with van der Waals surface area (Å²) in [6.07, 6.45) is 0.787. The van der Waals surface area contributed by atoms with Crippen LogP contribution in [-0.2, 0) is 0 Å². The fourth-order valence-corrected chi connectivity index (χ4v) is 0.732. The fraction of sp³-hybridized carbons (Fsp3) is 0.222. The molecule has 0 fully saturated rings. The van der Waals surface area contributed by atoms with Crippen LogP contribution in [0.25, 0.3) is 0 Å². The molecule has 1 rings (SSSR count). The normalized spacial score (nSPS) is 8.45. The van der Waals surface area contributed by atoms with Gasteiger partial charge in [-0.25, -0.2) is 0 Å². The van der Waals surface area contributed by atoms with Crippen molar-refractivity contribution in [3.8, 4) is 0 Å². The van der Waals surface area contributed by atoms with Crippen molar-refractivity contribution in [3.05, 3.63) is 29.3 Å². The van der Waals surface area contributed by atoms with E-state index in [1.807, 2.05) is 13.0 Å². The number of carbonyl (C=O) groups is 1. The highest BCUT2D eigenvalue weighted by atomic mass is 16.1. The molecule has 0 bridgehead atoms. The molecule has 0 amide bonds. The van der Waals surface area contributed by atoms with Crippen LogP contribution in [0.5, 0.6) is 0 Å². The van der Waals surface area contributed by atoms with Crippen molar-refractivity contribution in [2.24, 2.45) is 0 Å². The highest BCUT2D eigenvalue weighted by Gasteiger charge is 1.93. The van der Waals surface area contributed by atoms with Crippen LogP contribution in [0.15, 0.2) is 18.2 Å². The fourth-order valence-electron chi connectivity index (χ4n) is 0.732. The van der Waals surface area contributed by atoms with Crippen molar-refractivity contribution in [2.75, 3.05) is 5.73 Å². The lowest BCUT2D eigenvalue weighted by Gasteiger charge is -1.97. The Morgan fingerprint density at radius 2 is 2.09 bits per heavy atom. The van der Waals surface area contributed by atoms with E-state index in [1.54, 1.807) is 12.1 Å². The number of aldehydes is 1. The Hall–Kier alpha value is -1.31. The summed E-state index contributed by atoms with van der Waals surface area (Å²) >= 11 is 0. The second-order valence-electron chi connectivity index (χ2n) is 2.23. The minimum absolute atomic E-state index is 0. The standard InChI is InChI=1S/C8H9NO.CH4/c1-6-2-3-7(5-10)4-8(6)9;/h2-5H,9H2,1H3;1H4. The molecule has 2 nitrogen and oxygen atoms in total. The summed E-state index contributed by atoms with van der Waals surface area (Å²) in [5.41, 5.74) is 7.84. The molecule has 1 aromatic carbocycles. The molecule has 0 atom stereocenters. The number of anilines is 1. The Kier molecular flexibility index (Phi) is 3.31. The summed E-state index contributed by atoms with van der Waals surface area (Å²) in [7, 11) is 0. The third-order valence-corrected chi connectivity index (χ3v) is 1.44. The molecule has 0 spiro atoms. The van der Waals surface area contributed by atoms with Gasteiger partial charge in [0.15, 0.2) is 0 Å². The number of carbonyl (C=O) groups excluding carboxylic acids is 1. The molecule has 0 saturated heterocycles. The first-order valence-electron chi connectivity index (χ1n) is 3.05. The van der Waals surface area contributed by atoms with Crippen molar-refractivity contribution in [1.29, 1.82) is 0 Å². The number of benzene rings is 1. The minimum Gasteiger partial charge on any atom is -0.398 e. The van der Waals surface area contributed by atoms with Gasteiger partial charge in [0.2, 0.25) is 0 Å². The maximum absolute atomic E-state index is 10.2. The third-order valence-electron chi connectivity index (χ3n) is 1.44. The summed E-state index contributed by atoms with van der Waals surface area (Å²) in [6, 6.07) is 5.25. The van der Waals surface area contributed by atoms with Gasteiger partial charge in [-0.15, -0.1) is 0 Å². The van der Waals surface area contributed by atoms with E-state index >= 15 is 0 Å². The highest BCUT2D eigenvalue weighted by Crippen LogP contribution is 2.10. The second-order valence-corrected chi connectivity index (χ2v) is 2.23. The van der Waals surface area contributed by atoms with Crippen LogP contribution in [0.2, 0.25) is 0 Å². The summed E-state index contributed by atoms with van der Waals surface area (Å²) in [5.74, 6) is 0. The predicted molar refractivity (Wildman–Crippen MR) is 47.7 cm³/mol. The second kappa shape index (κ2) is 3.76. The maximum Gasteiger partial charge on any atom is 0.150 e. The van der Waals surface area contributed by atoms with Crippen LogP contribution in [0.1, 0.15) is 23.3 Å². The largest absolute Gasteiger partial charge is 0.398 e. The van der Waals surface area contributed by atoms with Gasteiger partial charge in [-0.2, -0.15) is 0 Å². The zero-order valence-electron chi connectivity index (χ0n) is 5.79. The van der Waals surface area contributed by atoms with E-state index in [1.165, 1.54) is 0 Å².